The minimum absolute atomic E-state index is 0.252. The van der Waals surface area contributed by atoms with Gasteiger partial charge in [-0.2, -0.15) is 0 Å². The third-order valence-electron chi connectivity index (χ3n) is 1.55. The highest BCUT2D eigenvalue weighted by Gasteiger charge is 2.10. The van der Waals surface area contributed by atoms with Gasteiger partial charge in [-0.3, -0.25) is 0 Å². The van der Waals surface area contributed by atoms with Crippen LogP contribution in [0.1, 0.15) is 23.8 Å². The fourth-order valence-corrected chi connectivity index (χ4v) is 1.30. The van der Waals surface area contributed by atoms with E-state index in [0.29, 0.717) is 11.6 Å². The Labute approximate surface area is 75.6 Å². The van der Waals surface area contributed by atoms with Gasteiger partial charge in [-0.1, -0.05) is 18.5 Å². The second kappa shape index (κ2) is 3.63. The third kappa shape index (κ3) is 1.80. The molecule has 12 heavy (non-hydrogen) atoms. The van der Waals surface area contributed by atoms with Crippen molar-refractivity contribution in [2.45, 2.75) is 19.9 Å². The SMILES string of the molecule is CCCn1cc(Cl)cc1C(=O)O. The number of carboxylic acids is 1. The lowest BCUT2D eigenvalue weighted by atomic mass is 10.4. The molecule has 1 aromatic rings. The number of hydrogen-bond acceptors (Lipinski definition) is 1. The third-order valence-corrected chi connectivity index (χ3v) is 1.75. The van der Waals surface area contributed by atoms with Crippen LogP contribution in [0, 0.1) is 0 Å². The van der Waals surface area contributed by atoms with Crippen molar-refractivity contribution in [2.75, 3.05) is 0 Å². The van der Waals surface area contributed by atoms with E-state index >= 15 is 0 Å². The van der Waals surface area contributed by atoms with E-state index in [-0.39, 0.29) is 5.69 Å². The zero-order chi connectivity index (χ0) is 9.14. The lowest BCUT2D eigenvalue weighted by molar-refractivity contribution is 0.0685. The van der Waals surface area contributed by atoms with E-state index < -0.39 is 5.97 Å². The summed E-state index contributed by atoms with van der Waals surface area (Å²) < 4.78 is 1.64. The molecule has 1 N–H and O–H groups in total. The summed E-state index contributed by atoms with van der Waals surface area (Å²) in [6, 6.07) is 1.46. The van der Waals surface area contributed by atoms with Gasteiger partial charge < -0.3 is 9.67 Å². The maximum Gasteiger partial charge on any atom is 0.352 e. The minimum Gasteiger partial charge on any atom is -0.477 e. The summed E-state index contributed by atoms with van der Waals surface area (Å²) in [6.07, 6.45) is 2.53. The predicted molar refractivity (Wildman–Crippen MR) is 46.7 cm³/mol. The van der Waals surface area contributed by atoms with Crippen LogP contribution >= 0.6 is 11.6 Å². The highest BCUT2D eigenvalue weighted by Crippen LogP contribution is 2.14. The van der Waals surface area contributed by atoms with Gasteiger partial charge in [0.25, 0.3) is 0 Å². The van der Waals surface area contributed by atoms with Crippen LogP contribution in [0.5, 0.6) is 0 Å². The molecular weight excluding hydrogens is 178 g/mol. The molecule has 0 bridgehead atoms. The van der Waals surface area contributed by atoms with Crippen molar-refractivity contribution in [1.29, 1.82) is 0 Å². The van der Waals surface area contributed by atoms with E-state index in [1.54, 1.807) is 10.8 Å². The van der Waals surface area contributed by atoms with Crippen LogP contribution in [0.2, 0.25) is 5.02 Å². The summed E-state index contributed by atoms with van der Waals surface area (Å²) in [6.45, 7) is 2.67. The molecule has 0 fully saturated rings. The Morgan fingerprint density at radius 1 is 1.75 bits per heavy atom. The number of aromatic carboxylic acids is 1. The van der Waals surface area contributed by atoms with Gasteiger partial charge in [0.05, 0.1) is 5.02 Å². The Morgan fingerprint density at radius 3 is 2.92 bits per heavy atom. The molecule has 1 heterocycles. The summed E-state index contributed by atoms with van der Waals surface area (Å²) in [7, 11) is 0. The fourth-order valence-electron chi connectivity index (χ4n) is 1.08. The first-order valence-electron chi connectivity index (χ1n) is 3.74. The minimum atomic E-state index is -0.935. The Hall–Kier alpha value is -0.960. The first-order chi connectivity index (χ1) is 5.65. The number of aromatic nitrogens is 1. The molecule has 1 aromatic heterocycles. The van der Waals surface area contributed by atoms with Gasteiger partial charge in [-0.05, 0) is 12.5 Å². The van der Waals surface area contributed by atoms with E-state index in [0.717, 1.165) is 6.42 Å². The van der Waals surface area contributed by atoms with Crippen molar-refractivity contribution in [3.8, 4) is 0 Å². The molecule has 0 saturated carbocycles. The van der Waals surface area contributed by atoms with E-state index in [1.165, 1.54) is 6.07 Å². The first-order valence-corrected chi connectivity index (χ1v) is 4.12. The largest absolute Gasteiger partial charge is 0.477 e. The zero-order valence-corrected chi connectivity index (χ0v) is 7.51. The molecule has 0 unspecified atom stereocenters. The molecule has 4 heteroatoms. The van der Waals surface area contributed by atoms with Crippen LogP contribution in [-0.2, 0) is 6.54 Å². The van der Waals surface area contributed by atoms with E-state index in [4.69, 9.17) is 16.7 Å². The van der Waals surface area contributed by atoms with Gasteiger partial charge in [-0.25, -0.2) is 4.79 Å². The molecule has 0 aliphatic rings. The lowest BCUT2D eigenvalue weighted by Crippen LogP contribution is -2.06. The van der Waals surface area contributed by atoms with Gasteiger partial charge in [0, 0.05) is 12.7 Å². The number of rotatable bonds is 3. The molecule has 1 rings (SSSR count). The number of aryl methyl sites for hydroxylation is 1. The Bertz CT molecular complexity index is 293. The molecule has 0 amide bonds. The number of carboxylic acid groups (broad SMARTS) is 1. The molecule has 0 spiro atoms. The van der Waals surface area contributed by atoms with Crippen LogP contribution in [0.4, 0.5) is 0 Å². The van der Waals surface area contributed by atoms with Crippen molar-refractivity contribution in [3.05, 3.63) is 23.0 Å². The van der Waals surface area contributed by atoms with Crippen LogP contribution in [0.25, 0.3) is 0 Å². The zero-order valence-electron chi connectivity index (χ0n) is 6.75. The van der Waals surface area contributed by atoms with Crippen molar-refractivity contribution in [3.63, 3.8) is 0 Å². The van der Waals surface area contributed by atoms with Gasteiger partial charge in [-0.15, -0.1) is 0 Å². The van der Waals surface area contributed by atoms with Crippen molar-refractivity contribution in [2.24, 2.45) is 0 Å². The molecule has 0 aliphatic heterocycles. The van der Waals surface area contributed by atoms with Crippen LogP contribution < -0.4 is 0 Å². The average molecular weight is 188 g/mol. The maximum absolute atomic E-state index is 10.6. The number of carbonyl (C=O) groups is 1. The van der Waals surface area contributed by atoms with Crippen molar-refractivity contribution < 1.29 is 9.90 Å². The number of nitrogens with zero attached hydrogens (tertiary/aromatic N) is 1. The topological polar surface area (TPSA) is 42.2 Å². The monoisotopic (exact) mass is 187 g/mol. The van der Waals surface area contributed by atoms with Gasteiger partial charge in [0.15, 0.2) is 0 Å². The summed E-state index contributed by atoms with van der Waals surface area (Å²) in [5.41, 5.74) is 0.252. The lowest BCUT2D eigenvalue weighted by Gasteiger charge is -2.01. The molecule has 0 atom stereocenters. The standard InChI is InChI=1S/C8H10ClNO2/c1-2-3-10-5-6(9)4-7(10)8(11)12/h4-5H,2-3H2,1H3,(H,11,12). The van der Waals surface area contributed by atoms with Crippen LogP contribution in [0.3, 0.4) is 0 Å². The molecule has 0 saturated heterocycles. The fraction of sp³-hybridized carbons (Fsp3) is 0.375. The summed E-state index contributed by atoms with van der Waals surface area (Å²) in [5.74, 6) is -0.935. The molecule has 3 nitrogen and oxygen atoms in total. The van der Waals surface area contributed by atoms with Crippen molar-refractivity contribution in [1.82, 2.24) is 4.57 Å². The van der Waals surface area contributed by atoms with Crippen LogP contribution in [0.15, 0.2) is 12.3 Å². The number of halogens is 1. The number of hydrogen-bond donors (Lipinski definition) is 1. The highest BCUT2D eigenvalue weighted by atomic mass is 35.5. The maximum atomic E-state index is 10.6. The smallest absolute Gasteiger partial charge is 0.352 e. The summed E-state index contributed by atoms with van der Waals surface area (Å²) in [5, 5.41) is 9.20. The van der Waals surface area contributed by atoms with Crippen LogP contribution in [-0.4, -0.2) is 15.6 Å². The highest BCUT2D eigenvalue weighted by molar-refractivity contribution is 6.30. The molecule has 66 valence electrons. The molecular formula is C8H10ClNO2. The normalized spacial score (nSPS) is 10.2. The Morgan fingerprint density at radius 2 is 2.42 bits per heavy atom. The predicted octanol–water partition coefficient (Wildman–Crippen LogP) is 2.25. The summed E-state index contributed by atoms with van der Waals surface area (Å²) in [4.78, 5) is 10.6. The van der Waals surface area contributed by atoms with E-state index in [1.807, 2.05) is 6.92 Å². The second-order valence-corrected chi connectivity index (χ2v) is 2.98. The molecule has 0 aromatic carbocycles. The van der Waals surface area contributed by atoms with Gasteiger partial charge >= 0.3 is 5.97 Å². The van der Waals surface area contributed by atoms with E-state index in [9.17, 15) is 4.79 Å². The summed E-state index contributed by atoms with van der Waals surface area (Å²) >= 11 is 5.66. The van der Waals surface area contributed by atoms with Crippen molar-refractivity contribution >= 4 is 17.6 Å². The second-order valence-electron chi connectivity index (χ2n) is 2.54. The quantitative estimate of drug-likeness (QED) is 0.789. The van der Waals surface area contributed by atoms with Gasteiger partial charge in [0.2, 0.25) is 0 Å². The molecule has 0 radical (unpaired) electrons. The van der Waals surface area contributed by atoms with Gasteiger partial charge in [0.1, 0.15) is 5.69 Å². The average Bonchev–Trinajstić information content (AvgIpc) is 2.32. The Balaban J connectivity index is 2.99. The first kappa shape index (κ1) is 9.13. The van der Waals surface area contributed by atoms with E-state index in [2.05, 4.69) is 0 Å². The molecule has 0 aliphatic carbocycles. The Kier molecular flexibility index (Phi) is 2.76.